The first-order chi connectivity index (χ1) is 8.58. The number of carbonyl (C=O) groups excluding carboxylic acids is 1. The zero-order valence-corrected chi connectivity index (χ0v) is 11.5. The van der Waals surface area contributed by atoms with Crippen molar-refractivity contribution in [3.05, 3.63) is 23.2 Å². The number of anilines is 1. The lowest BCUT2D eigenvalue weighted by Gasteiger charge is -2.12. The number of carbonyl (C=O) groups is 1. The molecular formula is C13H19ClN2O2. The molecule has 3 N–H and O–H groups in total. The monoisotopic (exact) mass is 270 g/mol. The largest absolute Gasteiger partial charge is 0.492 e. The number of hydrogen-bond donors (Lipinski definition) is 2. The molecular weight excluding hydrogens is 252 g/mol. The Morgan fingerprint density at radius 1 is 1.50 bits per heavy atom. The molecule has 4 nitrogen and oxygen atoms in total. The summed E-state index contributed by atoms with van der Waals surface area (Å²) in [7, 11) is 0. The van der Waals surface area contributed by atoms with Crippen molar-refractivity contribution in [1.82, 2.24) is 0 Å². The van der Waals surface area contributed by atoms with Gasteiger partial charge in [-0.3, -0.25) is 4.79 Å². The maximum Gasteiger partial charge on any atom is 0.241 e. The number of rotatable bonds is 6. The smallest absolute Gasteiger partial charge is 0.241 e. The van der Waals surface area contributed by atoms with Crippen LogP contribution in [0.3, 0.4) is 0 Å². The molecule has 1 amide bonds. The number of nitrogens with one attached hydrogen (secondary N) is 1. The van der Waals surface area contributed by atoms with Crippen LogP contribution in [0.4, 0.5) is 5.69 Å². The number of hydrogen-bond acceptors (Lipinski definition) is 3. The molecule has 100 valence electrons. The van der Waals surface area contributed by atoms with Crippen molar-refractivity contribution < 1.29 is 9.53 Å². The predicted molar refractivity (Wildman–Crippen MR) is 74.1 cm³/mol. The van der Waals surface area contributed by atoms with Gasteiger partial charge in [-0.05, 0) is 31.0 Å². The number of benzene rings is 1. The zero-order valence-electron chi connectivity index (χ0n) is 10.7. The Morgan fingerprint density at radius 3 is 2.78 bits per heavy atom. The Kier molecular flexibility index (Phi) is 5.95. The molecule has 1 unspecified atom stereocenters. The predicted octanol–water partition coefficient (Wildman–Crippen LogP) is 2.80. The molecule has 1 aromatic carbocycles. The number of amides is 1. The summed E-state index contributed by atoms with van der Waals surface area (Å²) in [6, 6.07) is 4.65. The lowest BCUT2D eigenvalue weighted by Crippen LogP contribution is -2.34. The van der Waals surface area contributed by atoms with Crippen LogP contribution in [0.1, 0.15) is 26.7 Å². The second kappa shape index (κ2) is 7.24. The quantitative estimate of drug-likeness (QED) is 0.835. The van der Waals surface area contributed by atoms with Crippen LogP contribution in [0.25, 0.3) is 0 Å². The standard InChI is InChI=1S/C13H19ClN2O2/c1-3-7-18-12-6-5-9(8-10(12)14)16-13(17)11(15)4-2/h5-6,8,11H,3-4,7,15H2,1-2H3,(H,16,17). The number of nitrogens with two attached hydrogens (primary N) is 1. The highest BCUT2D eigenvalue weighted by Crippen LogP contribution is 2.27. The molecule has 1 rings (SSSR count). The summed E-state index contributed by atoms with van der Waals surface area (Å²) in [4.78, 5) is 11.6. The Labute approximate surface area is 112 Å². The van der Waals surface area contributed by atoms with Crippen molar-refractivity contribution in [2.75, 3.05) is 11.9 Å². The van der Waals surface area contributed by atoms with E-state index in [0.29, 0.717) is 29.5 Å². The maximum absolute atomic E-state index is 11.6. The Bertz CT molecular complexity index is 410. The van der Waals surface area contributed by atoms with E-state index in [0.717, 1.165) is 6.42 Å². The van der Waals surface area contributed by atoms with Crippen LogP contribution in [-0.2, 0) is 4.79 Å². The summed E-state index contributed by atoms with van der Waals surface area (Å²) in [5.41, 5.74) is 6.25. The fourth-order valence-electron chi connectivity index (χ4n) is 1.33. The topological polar surface area (TPSA) is 64.3 Å². The normalized spacial score (nSPS) is 12.0. The highest BCUT2D eigenvalue weighted by molar-refractivity contribution is 6.32. The molecule has 0 aliphatic carbocycles. The highest BCUT2D eigenvalue weighted by atomic mass is 35.5. The first kappa shape index (κ1) is 14.8. The Morgan fingerprint density at radius 2 is 2.22 bits per heavy atom. The second-order valence-corrected chi connectivity index (χ2v) is 4.40. The summed E-state index contributed by atoms with van der Waals surface area (Å²) in [6.45, 7) is 4.50. The van der Waals surface area contributed by atoms with E-state index in [1.54, 1.807) is 18.2 Å². The molecule has 0 aliphatic heterocycles. The third-order valence-corrected chi connectivity index (χ3v) is 2.73. The van der Waals surface area contributed by atoms with Gasteiger partial charge in [-0.15, -0.1) is 0 Å². The average Bonchev–Trinajstić information content (AvgIpc) is 2.36. The van der Waals surface area contributed by atoms with Gasteiger partial charge in [0.25, 0.3) is 0 Å². The summed E-state index contributed by atoms with van der Waals surface area (Å²) in [6.07, 6.45) is 1.51. The maximum atomic E-state index is 11.6. The van der Waals surface area contributed by atoms with Crippen molar-refractivity contribution in [1.29, 1.82) is 0 Å². The van der Waals surface area contributed by atoms with E-state index in [1.807, 2.05) is 13.8 Å². The van der Waals surface area contributed by atoms with Gasteiger partial charge in [0.05, 0.1) is 17.7 Å². The van der Waals surface area contributed by atoms with Crippen LogP contribution >= 0.6 is 11.6 Å². The van der Waals surface area contributed by atoms with Crippen LogP contribution in [0, 0.1) is 0 Å². The lowest BCUT2D eigenvalue weighted by atomic mass is 10.2. The molecule has 1 atom stereocenters. The van der Waals surface area contributed by atoms with Gasteiger partial charge >= 0.3 is 0 Å². The molecule has 0 aromatic heterocycles. The second-order valence-electron chi connectivity index (χ2n) is 4.00. The van der Waals surface area contributed by atoms with Crippen molar-refractivity contribution in [3.8, 4) is 5.75 Å². The van der Waals surface area contributed by atoms with E-state index in [9.17, 15) is 4.79 Å². The summed E-state index contributed by atoms with van der Waals surface area (Å²) >= 11 is 6.05. The molecule has 0 saturated carbocycles. The van der Waals surface area contributed by atoms with Gasteiger partial charge in [-0.1, -0.05) is 25.4 Å². The highest BCUT2D eigenvalue weighted by Gasteiger charge is 2.11. The van der Waals surface area contributed by atoms with Crippen LogP contribution < -0.4 is 15.8 Å². The minimum Gasteiger partial charge on any atom is -0.492 e. The van der Waals surface area contributed by atoms with E-state index >= 15 is 0 Å². The van der Waals surface area contributed by atoms with Gasteiger partial charge in [-0.25, -0.2) is 0 Å². The minimum atomic E-state index is -0.500. The molecule has 0 fully saturated rings. The van der Waals surface area contributed by atoms with E-state index in [2.05, 4.69) is 5.32 Å². The minimum absolute atomic E-state index is 0.212. The molecule has 1 aromatic rings. The first-order valence-corrected chi connectivity index (χ1v) is 6.45. The molecule has 0 heterocycles. The van der Waals surface area contributed by atoms with Crippen LogP contribution in [-0.4, -0.2) is 18.6 Å². The Balaban J connectivity index is 2.69. The van der Waals surface area contributed by atoms with Crippen LogP contribution in [0.5, 0.6) is 5.75 Å². The lowest BCUT2D eigenvalue weighted by molar-refractivity contribution is -0.117. The van der Waals surface area contributed by atoms with Crippen LogP contribution in [0.2, 0.25) is 5.02 Å². The van der Waals surface area contributed by atoms with Crippen molar-refractivity contribution >= 4 is 23.2 Å². The van der Waals surface area contributed by atoms with E-state index < -0.39 is 6.04 Å². The molecule has 0 aliphatic rings. The van der Waals surface area contributed by atoms with Crippen molar-refractivity contribution in [3.63, 3.8) is 0 Å². The third-order valence-electron chi connectivity index (χ3n) is 2.44. The van der Waals surface area contributed by atoms with Gasteiger partial charge in [0, 0.05) is 5.69 Å². The first-order valence-electron chi connectivity index (χ1n) is 6.07. The average molecular weight is 271 g/mol. The molecule has 0 spiro atoms. The fraction of sp³-hybridized carbons (Fsp3) is 0.462. The zero-order chi connectivity index (χ0) is 13.5. The summed E-state index contributed by atoms with van der Waals surface area (Å²) in [5, 5.41) is 3.19. The van der Waals surface area contributed by atoms with Gasteiger partial charge in [-0.2, -0.15) is 0 Å². The number of ether oxygens (including phenoxy) is 1. The third kappa shape index (κ3) is 4.20. The van der Waals surface area contributed by atoms with E-state index in [1.165, 1.54) is 0 Å². The van der Waals surface area contributed by atoms with Gasteiger partial charge < -0.3 is 15.8 Å². The summed E-state index contributed by atoms with van der Waals surface area (Å²) < 4.78 is 5.45. The molecule has 0 bridgehead atoms. The van der Waals surface area contributed by atoms with Gasteiger partial charge in [0.15, 0.2) is 0 Å². The summed E-state index contributed by atoms with van der Waals surface area (Å²) in [5.74, 6) is 0.409. The van der Waals surface area contributed by atoms with Gasteiger partial charge in [0.2, 0.25) is 5.91 Å². The SMILES string of the molecule is CCCOc1ccc(NC(=O)C(N)CC)cc1Cl. The molecule has 0 radical (unpaired) electrons. The fourth-order valence-corrected chi connectivity index (χ4v) is 1.56. The van der Waals surface area contributed by atoms with Gasteiger partial charge in [0.1, 0.15) is 5.75 Å². The van der Waals surface area contributed by atoms with Crippen LogP contribution in [0.15, 0.2) is 18.2 Å². The molecule has 18 heavy (non-hydrogen) atoms. The van der Waals surface area contributed by atoms with E-state index in [-0.39, 0.29) is 5.91 Å². The van der Waals surface area contributed by atoms with E-state index in [4.69, 9.17) is 22.1 Å². The molecule has 0 saturated heterocycles. The Hall–Kier alpha value is -1.26. The van der Waals surface area contributed by atoms with Crippen molar-refractivity contribution in [2.45, 2.75) is 32.7 Å². The molecule has 5 heteroatoms. The number of halogens is 1. The van der Waals surface area contributed by atoms with Crippen molar-refractivity contribution in [2.24, 2.45) is 5.73 Å².